The van der Waals surface area contributed by atoms with Crippen LogP contribution in [-0.2, 0) is 0 Å². The topological polar surface area (TPSA) is 38.9 Å². The van der Waals surface area contributed by atoms with Crippen LogP contribution in [0.4, 0.5) is 0 Å². The number of halogens is 1. The standard InChI is InChI=1S/C9H7BrN2O/c1-6-3-2-4-7(5-6)8-11-9(10)13-12-8/h2-5H,1H3. The summed E-state index contributed by atoms with van der Waals surface area (Å²) < 4.78 is 4.81. The van der Waals surface area contributed by atoms with E-state index in [1.54, 1.807) is 0 Å². The fourth-order valence-corrected chi connectivity index (χ4v) is 1.35. The van der Waals surface area contributed by atoms with Crippen molar-refractivity contribution in [3.8, 4) is 11.4 Å². The van der Waals surface area contributed by atoms with Crippen LogP contribution in [-0.4, -0.2) is 10.1 Å². The first-order chi connectivity index (χ1) is 6.25. The molecular formula is C9H7BrN2O. The zero-order valence-electron chi connectivity index (χ0n) is 6.99. The predicted molar refractivity (Wildman–Crippen MR) is 52.2 cm³/mol. The molecule has 0 aliphatic heterocycles. The summed E-state index contributed by atoms with van der Waals surface area (Å²) >= 11 is 3.11. The molecule has 0 N–H and O–H groups in total. The van der Waals surface area contributed by atoms with E-state index in [1.807, 2.05) is 31.2 Å². The van der Waals surface area contributed by atoms with Crippen molar-refractivity contribution >= 4 is 15.9 Å². The largest absolute Gasteiger partial charge is 0.326 e. The Hall–Kier alpha value is -1.16. The Balaban J connectivity index is 2.46. The molecule has 4 heteroatoms. The first-order valence-electron chi connectivity index (χ1n) is 3.82. The Morgan fingerprint density at radius 2 is 2.23 bits per heavy atom. The first kappa shape index (κ1) is 8.44. The lowest BCUT2D eigenvalue weighted by Gasteiger charge is -1.94. The third kappa shape index (κ3) is 1.78. The van der Waals surface area contributed by atoms with Crippen molar-refractivity contribution in [1.82, 2.24) is 10.1 Å². The molecule has 3 nitrogen and oxygen atoms in total. The maximum atomic E-state index is 4.81. The van der Waals surface area contributed by atoms with Crippen LogP contribution in [0.1, 0.15) is 5.56 Å². The summed E-state index contributed by atoms with van der Waals surface area (Å²) in [5.74, 6) is 0.607. The van der Waals surface area contributed by atoms with Crippen LogP contribution in [0.5, 0.6) is 0 Å². The summed E-state index contributed by atoms with van der Waals surface area (Å²) in [4.78, 5) is 4.47. The van der Waals surface area contributed by atoms with Crippen molar-refractivity contribution in [3.63, 3.8) is 0 Å². The second kappa shape index (κ2) is 3.30. The van der Waals surface area contributed by atoms with Crippen LogP contribution in [0, 0.1) is 6.92 Å². The van der Waals surface area contributed by atoms with Gasteiger partial charge in [-0.3, -0.25) is 0 Å². The number of nitrogens with zero attached hydrogens (tertiary/aromatic N) is 2. The molecule has 0 aliphatic rings. The van der Waals surface area contributed by atoms with Crippen molar-refractivity contribution < 1.29 is 4.52 Å². The molecule has 0 bridgehead atoms. The van der Waals surface area contributed by atoms with Crippen molar-refractivity contribution in [1.29, 1.82) is 0 Å². The molecule has 0 atom stereocenters. The average Bonchev–Trinajstić information content (AvgIpc) is 2.52. The van der Waals surface area contributed by atoms with E-state index >= 15 is 0 Å². The lowest BCUT2D eigenvalue weighted by atomic mass is 10.1. The summed E-state index contributed by atoms with van der Waals surface area (Å²) in [6, 6.07) is 7.95. The molecule has 66 valence electrons. The highest BCUT2D eigenvalue weighted by Gasteiger charge is 2.05. The minimum absolute atomic E-state index is 0.406. The number of hydrogen-bond acceptors (Lipinski definition) is 3. The van der Waals surface area contributed by atoms with Gasteiger partial charge in [0.1, 0.15) is 0 Å². The normalized spacial score (nSPS) is 10.3. The lowest BCUT2D eigenvalue weighted by Crippen LogP contribution is -1.80. The highest BCUT2D eigenvalue weighted by molar-refractivity contribution is 9.10. The van der Waals surface area contributed by atoms with Crippen molar-refractivity contribution in [3.05, 3.63) is 34.6 Å². The van der Waals surface area contributed by atoms with E-state index in [1.165, 1.54) is 5.56 Å². The maximum absolute atomic E-state index is 4.81. The molecule has 1 aromatic heterocycles. The second-order valence-corrected chi connectivity index (χ2v) is 3.42. The van der Waals surface area contributed by atoms with E-state index in [0.717, 1.165) is 5.56 Å². The molecule has 0 amide bonds. The van der Waals surface area contributed by atoms with Crippen LogP contribution >= 0.6 is 15.9 Å². The molecule has 2 aromatic rings. The Labute approximate surface area is 83.9 Å². The van der Waals surface area contributed by atoms with Gasteiger partial charge in [0.2, 0.25) is 5.82 Å². The molecule has 0 unspecified atom stereocenters. The van der Waals surface area contributed by atoms with Gasteiger partial charge in [-0.2, -0.15) is 4.98 Å². The van der Waals surface area contributed by atoms with Gasteiger partial charge >= 0.3 is 0 Å². The van der Waals surface area contributed by atoms with Gasteiger partial charge in [-0.1, -0.05) is 28.9 Å². The van der Waals surface area contributed by atoms with Gasteiger partial charge in [-0.05, 0) is 13.0 Å². The van der Waals surface area contributed by atoms with Crippen LogP contribution in [0.25, 0.3) is 11.4 Å². The van der Waals surface area contributed by atoms with E-state index in [2.05, 4.69) is 26.1 Å². The second-order valence-electron chi connectivity index (χ2n) is 2.74. The van der Waals surface area contributed by atoms with Gasteiger partial charge in [-0.15, -0.1) is 0 Å². The van der Waals surface area contributed by atoms with E-state index < -0.39 is 0 Å². The first-order valence-corrected chi connectivity index (χ1v) is 4.61. The smallest absolute Gasteiger partial charge is 0.294 e. The van der Waals surface area contributed by atoms with Gasteiger partial charge in [0.15, 0.2) is 0 Å². The summed E-state index contributed by atoms with van der Waals surface area (Å²) in [6.45, 7) is 2.03. The van der Waals surface area contributed by atoms with Gasteiger partial charge in [0, 0.05) is 21.5 Å². The third-order valence-electron chi connectivity index (χ3n) is 1.68. The molecule has 0 spiro atoms. The predicted octanol–water partition coefficient (Wildman–Crippen LogP) is 2.81. The van der Waals surface area contributed by atoms with Crippen molar-refractivity contribution in [2.45, 2.75) is 6.92 Å². The minimum atomic E-state index is 0.406. The molecule has 0 aliphatic carbocycles. The maximum Gasteiger partial charge on any atom is 0.294 e. The molecule has 0 saturated carbocycles. The van der Waals surface area contributed by atoms with E-state index in [-0.39, 0.29) is 0 Å². The zero-order chi connectivity index (χ0) is 9.26. The third-order valence-corrected chi connectivity index (χ3v) is 2.00. The molecule has 13 heavy (non-hydrogen) atoms. The average molecular weight is 239 g/mol. The Bertz CT molecular complexity index is 425. The van der Waals surface area contributed by atoms with Gasteiger partial charge in [-0.25, -0.2) is 0 Å². The Morgan fingerprint density at radius 1 is 1.38 bits per heavy atom. The summed E-state index contributed by atoms with van der Waals surface area (Å²) in [6.07, 6.45) is 0. The van der Waals surface area contributed by atoms with Gasteiger partial charge < -0.3 is 4.52 Å². The fraction of sp³-hybridized carbons (Fsp3) is 0.111. The molecule has 2 rings (SSSR count). The van der Waals surface area contributed by atoms with E-state index in [9.17, 15) is 0 Å². The minimum Gasteiger partial charge on any atom is -0.326 e. The number of aryl methyl sites for hydroxylation is 1. The van der Waals surface area contributed by atoms with Crippen LogP contribution in [0.3, 0.4) is 0 Å². The number of rotatable bonds is 1. The summed E-state index contributed by atoms with van der Waals surface area (Å²) in [5, 5.41) is 3.79. The van der Waals surface area contributed by atoms with Gasteiger partial charge in [0.25, 0.3) is 4.80 Å². The highest BCUT2D eigenvalue weighted by atomic mass is 79.9. The van der Waals surface area contributed by atoms with Crippen LogP contribution in [0.2, 0.25) is 0 Å². The Morgan fingerprint density at radius 3 is 2.85 bits per heavy atom. The monoisotopic (exact) mass is 238 g/mol. The summed E-state index contributed by atoms with van der Waals surface area (Å²) in [7, 11) is 0. The fourth-order valence-electron chi connectivity index (χ4n) is 1.11. The molecule has 1 aromatic carbocycles. The van der Waals surface area contributed by atoms with Gasteiger partial charge in [0.05, 0.1) is 0 Å². The van der Waals surface area contributed by atoms with Crippen LogP contribution in [0.15, 0.2) is 33.6 Å². The molecule has 1 heterocycles. The highest BCUT2D eigenvalue weighted by Crippen LogP contribution is 2.18. The lowest BCUT2D eigenvalue weighted by molar-refractivity contribution is 0.397. The number of aromatic nitrogens is 2. The van der Waals surface area contributed by atoms with Crippen molar-refractivity contribution in [2.24, 2.45) is 0 Å². The number of hydrogen-bond donors (Lipinski definition) is 0. The molecule has 0 saturated heterocycles. The molecule has 0 fully saturated rings. The van der Waals surface area contributed by atoms with E-state index in [0.29, 0.717) is 10.6 Å². The Kier molecular flexibility index (Phi) is 2.14. The molecule has 0 radical (unpaired) electrons. The van der Waals surface area contributed by atoms with Crippen LogP contribution < -0.4 is 0 Å². The van der Waals surface area contributed by atoms with E-state index in [4.69, 9.17) is 4.52 Å². The zero-order valence-corrected chi connectivity index (χ0v) is 8.58. The quantitative estimate of drug-likeness (QED) is 0.767. The number of benzene rings is 1. The van der Waals surface area contributed by atoms with Crippen molar-refractivity contribution in [2.75, 3.05) is 0 Å². The SMILES string of the molecule is Cc1cccc(-c2noc(Br)n2)c1. The summed E-state index contributed by atoms with van der Waals surface area (Å²) in [5.41, 5.74) is 2.15. The molecular weight excluding hydrogens is 232 g/mol.